The third-order valence-corrected chi connectivity index (χ3v) is 2.85. The third-order valence-electron chi connectivity index (χ3n) is 2.85. The van der Waals surface area contributed by atoms with Gasteiger partial charge in [-0.3, -0.25) is 0 Å². The Kier molecular flexibility index (Phi) is 3.43. The van der Waals surface area contributed by atoms with Crippen LogP contribution in [-0.2, 0) is 0 Å². The molecule has 0 saturated heterocycles. The number of aromatic nitrogens is 1. The number of anilines is 1. The fourth-order valence-electron chi connectivity index (χ4n) is 2.02. The summed E-state index contributed by atoms with van der Waals surface area (Å²) in [6.45, 7) is 0. The minimum absolute atomic E-state index is 0.335. The van der Waals surface area contributed by atoms with Gasteiger partial charge in [0, 0.05) is 18.0 Å². The fourth-order valence-corrected chi connectivity index (χ4v) is 2.02. The molecule has 15 heavy (non-hydrogen) atoms. The second-order valence-electron chi connectivity index (χ2n) is 4.16. The van der Waals surface area contributed by atoms with Crippen molar-refractivity contribution >= 4 is 5.69 Å². The van der Waals surface area contributed by atoms with E-state index in [1.165, 1.54) is 25.7 Å². The highest BCUT2D eigenvalue weighted by molar-refractivity contribution is 5.39. The molecule has 2 rings (SSSR count). The lowest BCUT2D eigenvalue weighted by Crippen LogP contribution is -2.15. The van der Waals surface area contributed by atoms with Crippen molar-refractivity contribution < 1.29 is 4.74 Å². The van der Waals surface area contributed by atoms with Crippen molar-refractivity contribution in [2.24, 2.45) is 0 Å². The van der Waals surface area contributed by atoms with E-state index in [1.807, 2.05) is 0 Å². The average molecular weight is 206 g/mol. The standard InChI is InChI=1S/C12H18N2O/c13-10-7-8-14-12(9-10)15-11-5-3-1-2-4-6-11/h7-9,11H,1-6H2,(H2,13,14). The second kappa shape index (κ2) is 5.01. The largest absolute Gasteiger partial charge is 0.474 e. The van der Waals surface area contributed by atoms with Crippen LogP contribution in [0.15, 0.2) is 18.3 Å². The summed E-state index contributed by atoms with van der Waals surface area (Å²) in [5.41, 5.74) is 6.39. The van der Waals surface area contributed by atoms with E-state index in [9.17, 15) is 0 Å². The molecule has 1 aliphatic rings. The molecule has 0 atom stereocenters. The molecule has 1 aromatic rings. The number of hydrogen-bond donors (Lipinski definition) is 1. The van der Waals surface area contributed by atoms with Gasteiger partial charge in [0.2, 0.25) is 5.88 Å². The zero-order valence-electron chi connectivity index (χ0n) is 8.98. The van der Waals surface area contributed by atoms with Crippen molar-refractivity contribution in [2.45, 2.75) is 44.6 Å². The van der Waals surface area contributed by atoms with Crippen LogP contribution in [0.1, 0.15) is 38.5 Å². The molecule has 3 nitrogen and oxygen atoms in total. The van der Waals surface area contributed by atoms with Crippen molar-refractivity contribution in [2.75, 3.05) is 5.73 Å². The van der Waals surface area contributed by atoms with Gasteiger partial charge in [0.25, 0.3) is 0 Å². The van der Waals surface area contributed by atoms with Crippen LogP contribution < -0.4 is 10.5 Å². The molecule has 0 bridgehead atoms. The minimum atomic E-state index is 0.335. The van der Waals surface area contributed by atoms with Crippen molar-refractivity contribution in [3.8, 4) is 5.88 Å². The van der Waals surface area contributed by atoms with Crippen molar-refractivity contribution in [3.63, 3.8) is 0 Å². The monoisotopic (exact) mass is 206 g/mol. The van der Waals surface area contributed by atoms with Crippen LogP contribution in [-0.4, -0.2) is 11.1 Å². The molecular formula is C12H18N2O. The number of pyridine rings is 1. The van der Waals surface area contributed by atoms with E-state index in [2.05, 4.69) is 4.98 Å². The first-order valence-electron chi connectivity index (χ1n) is 5.73. The maximum atomic E-state index is 5.82. The zero-order chi connectivity index (χ0) is 10.5. The highest BCUT2D eigenvalue weighted by atomic mass is 16.5. The lowest BCUT2D eigenvalue weighted by molar-refractivity contribution is 0.176. The number of nitrogens with two attached hydrogens (primary N) is 1. The predicted octanol–water partition coefficient (Wildman–Crippen LogP) is 2.77. The molecule has 0 unspecified atom stereocenters. The van der Waals surface area contributed by atoms with Gasteiger partial charge in [-0.25, -0.2) is 4.98 Å². The van der Waals surface area contributed by atoms with Gasteiger partial charge in [-0.05, 0) is 31.7 Å². The van der Waals surface area contributed by atoms with Crippen molar-refractivity contribution in [1.82, 2.24) is 4.98 Å². The number of nitrogen functional groups attached to an aromatic ring is 1. The molecule has 0 amide bonds. The molecule has 0 spiro atoms. The first kappa shape index (κ1) is 10.3. The fraction of sp³-hybridized carbons (Fsp3) is 0.583. The quantitative estimate of drug-likeness (QED) is 0.757. The van der Waals surface area contributed by atoms with Crippen LogP contribution in [0.25, 0.3) is 0 Å². The Hall–Kier alpha value is -1.25. The molecule has 1 aliphatic carbocycles. The van der Waals surface area contributed by atoms with Crippen LogP contribution in [0, 0.1) is 0 Å². The summed E-state index contributed by atoms with van der Waals surface area (Å²) in [6, 6.07) is 3.57. The average Bonchev–Trinajstić information content (AvgIpc) is 2.46. The van der Waals surface area contributed by atoms with E-state index in [-0.39, 0.29) is 0 Å². The highest BCUT2D eigenvalue weighted by Crippen LogP contribution is 2.22. The number of hydrogen-bond acceptors (Lipinski definition) is 3. The Morgan fingerprint density at radius 2 is 1.93 bits per heavy atom. The minimum Gasteiger partial charge on any atom is -0.474 e. The smallest absolute Gasteiger partial charge is 0.215 e. The van der Waals surface area contributed by atoms with Gasteiger partial charge in [-0.1, -0.05) is 12.8 Å². The second-order valence-corrected chi connectivity index (χ2v) is 4.16. The topological polar surface area (TPSA) is 48.1 Å². The van der Waals surface area contributed by atoms with Crippen molar-refractivity contribution in [3.05, 3.63) is 18.3 Å². The predicted molar refractivity (Wildman–Crippen MR) is 60.8 cm³/mol. The van der Waals surface area contributed by atoms with Gasteiger partial charge in [-0.15, -0.1) is 0 Å². The Morgan fingerprint density at radius 3 is 2.60 bits per heavy atom. The molecular weight excluding hydrogens is 188 g/mol. The molecule has 82 valence electrons. The summed E-state index contributed by atoms with van der Waals surface area (Å²) in [6.07, 6.45) is 9.55. The van der Waals surface area contributed by atoms with E-state index in [4.69, 9.17) is 10.5 Å². The van der Waals surface area contributed by atoms with Gasteiger partial charge in [0.15, 0.2) is 0 Å². The summed E-state index contributed by atoms with van der Waals surface area (Å²) in [4.78, 5) is 4.16. The first-order chi connectivity index (χ1) is 7.34. The molecule has 1 saturated carbocycles. The number of nitrogens with zero attached hydrogens (tertiary/aromatic N) is 1. The number of rotatable bonds is 2. The van der Waals surface area contributed by atoms with E-state index >= 15 is 0 Å². The lowest BCUT2D eigenvalue weighted by Gasteiger charge is -2.15. The Morgan fingerprint density at radius 1 is 1.20 bits per heavy atom. The van der Waals surface area contributed by atoms with Gasteiger partial charge in [-0.2, -0.15) is 0 Å². The van der Waals surface area contributed by atoms with E-state index < -0.39 is 0 Å². The van der Waals surface area contributed by atoms with E-state index in [0.29, 0.717) is 17.7 Å². The Bertz CT molecular complexity index is 306. The van der Waals surface area contributed by atoms with Gasteiger partial charge in [0.05, 0.1) is 0 Å². The van der Waals surface area contributed by atoms with Crippen molar-refractivity contribution in [1.29, 1.82) is 0 Å². The lowest BCUT2D eigenvalue weighted by atomic mass is 10.1. The van der Waals surface area contributed by atoms with Crippen LogP contribution in [0.3, 0.4) is 0 Å². The zero-order valence-corrected chi connectivity index (χ0v) is 8.98. The molecule has 0 aliphatic heterocycles. The summed E-state index contributed by atoms with van der Waals surface area (Å²) in [5.74, 6) is 0.668. The summed E-state index contributed by atoms with van der Waals surface area (Å²) < 4.78 is 5.82. The Balaban J connectivity index is 1.95. The van der Waals surface area contributed by atoms with Crippen LogP contribution in [0.4, 0.5) is 5.69 Å². The van der Waals surface area contributed by atoms with Crippen LogP contribution in [0.2, 0.25) is 0 Å². The van der Waals surface area contributed by atoms with Gasteiger partial charge < -0.3 is 10.5 Å². The molecule has 2 N–H and O–H groups in total. The molecule has 1 heterocycles. The van der Waals surface area contributed by atoms with Gasteiger partial charge >= 0.3 is 0 Å². The molecule has 0 radical (unpaired) electrons. The van der Waals surface area contributed by atoms with E-state index in [0.717, 1.165) is 12.8 Å². The third kappa shape index (κ3) is 3.11. The Labute approximate surface area is 90.7 Å². The molecule has 1 fully saturated rings. The normalized spacial score (nSPS) is 18.4. The molecule has 1 aromatic heterocycles. The summed E-state index contributed by atoms with van der Waals surface area (Å²) in [7, 11) is 0. The SMILES string of the molecule is Nc1ccnc(OC2CCCCCC2)c1. The highest BCUT2D eigenvalue weighted by Gasteiger charge is 2.13. The first-order valence-corrected chi connectivity index (χ1v) is 5.73. The summed E-state index contributed by atoms with van der Waals surface area (Å²) in [5, 5.41) is 0. The van der Waals surface area contributed by atoms with Crippen LogP contribution >= 0.6 is 0 Å². The number of ether oxygens (including phenoxy) is 1. The summed E-state index contributed by atoms with van der Waals surface area (Å²) >= 11 is 0. The van der Waals surface area contributed by atoms with E-state index in [1.54, 1.807) is 18.3 Å². The molecule has 0 aromatic carbocycles. The van der Waals surface area contributed by atoms with Gasteiger partial charge in [0.1, 0.15) is 6.10 Å². The van der Waals surface area contributed by atoms with Crippen LogP contribution in [0.5, 0.6) is 5.88 Å². The molecule has 3 heteroatoms. The maximum absolute atomic E-state index is 5.82. The maximum Gasteiger partial charge on any atom is 0.215 e.